The molecule has 1 saturated heterocycles. The first-order chi connectivity index (χ1) is 9.15. The van der Waals surface area contributed by atoms with E-state index in [9.17, 15) is 9.59 Å². The van der Waals surface area contributed by atoms with Crippen LogP contribution in [-0.2, 0) is 16.1 Å². The molecule has 0 aromatic carbocycles. The van der Waals surface area contributed by atoms with Gasteiger partial charge in [0, 0.05) is 32.8 Å². The average molecular weight is 265 g/mol. The number of carbonyl (C=O) groups excluding carboxylic acids is 2. The van der Waals surface area contributed by atoms with E-state index in [4.69, 9.17) is 0 Å². The summed E-state index contributed by atoms with van der Waals surface area (Å²) in [6, 6.07) is 0. The van der Waals surface area contributed by atoms with E-state index in [0.717, 1.165) is 25.9 Å². The molecule has 0 radical (unpaired) electrons. The van der Waals surface area contributed by atoms with Gasteiger partial charge in [0.05, 0.1) is 6.20 Å². The minimum absolute atomic E-state index is 0.0783. The lowest BCUT2D eigenvalue weighted by Gasteiger charge is -2.32. The number of hydrogen-bond donors (Lipinski definition) is 1. The number of nitrogens with zero attached hydrogens (tertiary/aromatic N) is 4. The van der Waals surface area contributed by atoms with Crippen LogP contribution in [0, 0.1) is 5.92 Å². The molecule has 0 spiro atoms. The molecule has 1 aromatic heterocycles. The van der Waals surface area contributed by atoms with E-state index in [2.05, 4.69) is 15.6 Å². The van der Waals surface area contributed by atoms with Crippen LogP contribution in [0.2, 0.25) is 0 Å². The molecular formula is C12H19N5O2. The molecule has 1 aliphatic rings. The highest BCUT2D eigenvalue weighted by molar-refractivity contribution is 5.75. The zero-order chi connectivity index (χ0) is 13.7. The van der Waals surface area contributed by atoms with Crippen LogP contribution in [0.4, 0.5) is 0 Å². The number of piperidine rings is 1. The Kier molecular flexibility index (Phi) is 4.48. The Morgan fingerprint density at radius 1 is 1.47 bits per heavy atom. The molecule has 0 aliphatic carbocycles. The van der Waals surface area contributed by atoms with Crippen LogP contribution in [-0.4, -0.2) is 51.3 Å². The van der Waals surface area contributed by atoms with Crippen molar-refractivity contribution in [2.75, 3.05) is 19.6 Å². The van der Waals surface area contributed by atoms with Gasteiger partial charge in [0.2, 0.25) is 11.8 Å². The van der Waals surface area contributed by atoms with Crippen LogP contribution in [0.15, 0.2) is 12.4 Å². The van der Waals surface area contributed by atoms with Crippen LogP contribution in [0.5, 0.6) is 0 Å². The number of carbonyl (C=O) groups is 2. The molecule has 0 saturated carbocycles. The normalized spacial score (nSPS) is 19.2. The largest absolute Gasteiger partial charge is 0.354 e. The van der Waals surface area contributed by atoms with Crippen molar-refractivity contribution in [1.82, 2.24) is 25.2 Å². The lowest BCUT2D eigenvalue weighted by atomic mass is 9.98. The minimum Gasteiger partial charge on any atom is -0.354 e. The molecule has 2 rings (SSSR count). The third kappa shape index (κ3) is 4.04. The van der Waals surface area contributed by atoms with E-state index in [-0.39, 0.29) is 18.4 Å². The molecule has 0 unspecified atom stereocenters. The summed E-state index contributed by atoms with van der Waals surface area (Å²) in [7, 11) is 0. The van der Waals surface area contributed by atoms with E-state index < -0.39 is 0 Å². The molecule has 7 nitrogen and oxygen atoms in total. The number of amides is 2. The van der Waals surface area contributed by atoms with Crippen molar-refractivity contribution in [2.24, 2.45) is 5.92 Å². The van der Waals surface area contributed by atoms with Crippen molar-refractivity contribution in [3.63, 3.8) is 0 Å². The summed E-state index contributed by atoms with van der Waals surface area (Å²) in [4.78, 5) is 24.8. The van der Waals surface area contributed by atoms with Crippen LogP contribution < -0.4 is 5.32 Å². The quantitative estimate of drug-likeness (QED) is 0.807. The predicted molar refractivity (Wildman–Crippen MR) is 68.0 cm³/mol. The topological polar surface area (TPSA) is 80.1 Å². The van der Waals surface area contributed by atoms with Gasteiger partial charge in [0.15, 0.2) is 0 Å². The smallest absolute Gasteiger partial charge is 0.241 e. The van der Waals surface area contributed by atoms with E-state index in [1.54, 1.807) is 19.3 Å². The maximum atomic E-state index is 11.7. The number of likely N-dealkylation sites (tertiary alicyclic amines) is 1. The van der Waals surface area contributed by atoms with Gasteiger partial charge < -0.3 is 10.2 Å². The van der Waals surface area contributed by atoms with Crippen molar-refractivity contribution in [3.8, 4) is 0 Å². The Balaban J connectivity index is 1.72. The minimum atomic E-state index is -0.0783. The second kappa shape index (κ2) is 6.31. The van der Waals surface area contributed by atoms with Gasteiger partial charge in [-0.15, -0.1) is 5.10 Å². The van der Waals surface area contributed by atoms with Gasteiger partial charge in [0.1, 0.15) is 6.54 Å². The third-order valence-corrected chi connectivity index (χ3v) is 3.33. The summed E-state index contributed by atoms with van der Waals surface area (Å²) in [5, 5.41) is 10.3. The number of hydrogen-bond acceptors (Lipinski definition) is 4. The SMILES string of the molecule is CC(=O)N1CCC[C@H](CNC(=O)Cn2ccnn2)C1. The lowest BCUT2D eigenvalue weighted by Crippen LogP contribution is -2.43. The van der Waals surface area contributed by atoms with Crippen LogP contribution in [0.3, 0.4) is 0 Å². The Morgan fingerprint density at radius 3 is 3.00 bits per heavy atom. The maximum absolute atomic E-state index is 11.7. The van der Waals surface area contributed by atoms with E-state index in [1.807, 2.05) is 4.90 Å². The first-order valence-electron chi connectivity index (χ1n) is 6.51. The van der Waals surface area contributed by atoms with E-state index in [0.29, 0.717) is 12.5 Å². The van der Waals surface area contributed by atoms with E-state index in [1.165, 1.54) is 4.68 Å². The Morgan fingerprint density at radius 2 is 2.32 bits per heavy atom. The van der Waals surface area contributed by atoms with Gasteiger partial charge in [0.25, 0.3) is 0 Å². The molecule has 0 bridgehead atoms. The van der Waals surface area contributed by atoms with Crippen LogP contribution in [0.25, 0.3) is 0 Å². The van der Waals surface area contributed by atoms with E-state index >= 15 is 0 Å². The fraction of sp³-hybridized carbons (Fsp3) is 0.667. The summed E-state index contributed by atoms with van der Waals surface area (Å²) < 4.78 is 1.48. The molecule has 1 fully saturated rings. The first-order valence-corrected chi connectivity index (χ1v) is 6.51. The monoisotopic (exact) mass is 265 g/mol. The average Bonchev–Trinajstić information content (AvgIpc) is 2.89. The molecule has 1 aliphatic heterocycles. The molecule has 1 atom stereocenters. The third-order valence-electron chi connectivity index (χ3n) is 3.33. The predicted octanol–water partition coefficient (Wildman–Crippen LogP) is -0.347. The Hall–Kier alpha value is -1.92. The Bertz CT molecular complexity index is 431. The maximum Gasteiger partial charge on any atom is 0.241 e. The molecule has 19 heavy (non-hydrogen) atoms. The second-order valence-corrected chi connectivity index (χ2v) is 4.88. The standard InChI is InChI=1S/C12H19N5O2/c1-10(18)16-5-2-3-11(8-16)7-13-12(19)9-17-6-4-14-15-17/h4,6,11H,2-3,5,7-9H2,1H3,(H,13,19)/t11-/m1/s1. The van der Waals surface area contributed by atoms with Crippen molar-refractivity contribution in [3.05, 3.63) is 12.4 Å². The summed E-state index contributed by atoms with van der Waals surface area (Å²) in [5.74, 6) is 0.376. The summed E-state index contributed by atoms with van der Waals surface area (Å²) in [6.45, 7) is 3.95. The van der Waals surface area contributed by atoms with Crippen molar-refractivity contribution in [1.29, 1.82) is 0 Å². The zero-order valence-electron chi connectivity index (χ0n) is 11.1. The van der Waals surface area contributed by atoms with Gasteiger partial charge in [-0.25, -0.2) is 4.68 Å². The van der Waals surface area contributed by atoms with Crippen LogP contribution in [0.1, 0.15) is 19.8 Å². The lowest BCUT2D eigenvalue weighted by molar-refractivity contribution is -0.130. The fourth-order valence-corrected chi connectivity index (χ4v) is 2.30. The highest BCUT2D eigenvalue weighted by Gasteiger charge is 2.21. The first kappa shape index (κ1) is 13.5. The summed E-state index contributed by atoms with van der Waals surface area (Å²) in [5.41, 5.74) is 0. The Labute approximate surface area is 112 Å². The molecule has 104 valence electrons. The molecule has 2 heterocycles. The van der Waals surface area contributed by atoms with Gasteiger partial charge >= 0.3 is 0 Å². The van der Waals surface area contributed by atoms with Crippen molar-refractivity contribution in [2.45, 2.75) is 26.3 Å². The molecule has 1 N–H and O–H groups in total. The van der Waals surface area contributed by atoms with Gasteiger partial charge in [-0.05, 0) is 18.8 Å². The molecule has 1 aromatic rings. The molecular weight excluding hydrogens is 246 g/mol. The molecule has 7 heteroatoms. The summed E-state index contributed by atoms with van der Waals surface area (Å²) >= 11 is 0. The van der Waals surface area contributed by atoms with Gasteiger partial charge in [-0.1, -0.05) is 5.21 Å². The van der Waals surface area contributed by atoms with Crippen molar-refractivity contribution >= 4 is 11.8 Å². The molecule has 2 amide bonds. The van der Waals surface area contributed by atoms with Gasteiger partial charge in [-0.2, -0.15) is 0 Å². The van der Waals surface area contributed by atoms with Crippen molar-refractivity contribution < 1.29 is 9.59 Å². The van der Waals surface area contributed by atoms with Gasteiger partial charge in [-0.3, -0.25) is 9.59 Å². The number of rotatable bonds is 4. The highest BCUT2D eigenvalue weighted by atomic mass is 16.2. The highest BCUT2D eigenvalue weighted by Crippen LogP contribution is 2.15. The zero-order valence-corrected chi connectivity index (χ0v) is 11.1. The fourth-order valence-electron chi connectivity index (χ4n) is 2.30. The van der Waals surface area contributed by atoms with Crippen LogP contribution >= 0.6 is 0 Å². The number of aromatic nitrogens is 3. The summed E-state index contributed by atoms with van der Waals surface area (Å²) in [6.07, 6.45) is 5.24. The second-order valence-electron chi connectivity index (χ2n) is 4.88. The number of nitrogens with one attached hydrogen (secondary N) is 1.